The summed E-state index contributed by atoms with van der Waals surface area (Å²) >= 11 is 0. The Hall–Kier alpha value is 0.726. The first-order valence-electron chi connectivity index (χ1n) is 12.0. The molecule has 0 saturated carbocycles. The summed E-state index contributed by atoms with van der Waals surface area (Å²) in [4.78, 5) is 0. The quantitative estimate of drug-likeness (QED) is 0.135. The molecule has 0 saturated heterocycles. The molecule has 0 N–H and O–H groups in total. The van der Waals surface area contributed by atoms with E-state index in [9.17, 15) is 0 Å². The molecular weight excluding hydrogens is 329 g/mol. The van der Waals surface area contributed by atoms with Gasteiger partial charge in [-0.15, -0.1) is 0 Å². The van der Waals surface area contributed by atoms with E-state index in [0.29, 0.717) is 0 Å². The molecule has 2 heteroatoms. The molecule has 0 aromatic heterocycles. The van der Waals surface area contributed by atoms with E-state index < -0.39 is 0 Å². The minimum atomic E-state index is 0. The van der Waals surface area contributed by atoms with E-state index in [-0.39, 0.29) is 25.9 Å². The van der Waals surface area contributed by atoms with Crippen molar-refractivity contribution in [3.63, 3.8) is 0 Å². The number of rotatable bonds is 22. The third-order valence-corrected chi connectivity index (χ3v) is 5.28. The van der Waals surface area contributed by atoms with Gasteiger partial charge in [-0.05, 0) is 12.8 Å². The SMILES string of the molecule is CCCCCCCCCCCCOCCCCCCCCCCCC.[H-].[H-].[Mg+2]. The van der Waals surface area contributed by atoms with Crippen LogP contribution in [-0.2, 0) is 4.74 Å². The molecule has 0 radical (unpaired) electrons. The van der Waals surface area contributed by atoms with Gasteiger partial charge in [0, 0.05) is 13.2 Å². The molecule has 0 aliphatic carbocycles. The molecule has 0 bridgehead atoms. The van der Waals surface area contributed by atoms with Crippen LogP contribution in [0.3, 0.4) is 0 Å². The van der Waals surface area contributed by atoms with Gasteiger partial charge in [0.1, 0.15) is 0 Å². The Bertz CT molecular complexity index is 209. The monoisotopic (exact) mass is 380 g/mol. The van der Waals surface area contributed by atoms with Gasteiger partial charge in [0.15, 0.2) is 0 Å². The van der Waals surface area contributed by atoms with Gasteiger partial charge in [-0.2, -0.15) is 0 Å². The molecule has 0 aromatic carbocycles. The molecule has 0 rings (SSSR count). The topological polar surface area (TPSA) is 9.23 Å². The van der Waals surface area contributed by atoms with Crippen LogP contribution < -0.4 is 0 Å². The second-order valence-electron chi connectivity index (χ2n) is 7.98. The molecule has 0 aromatic rings. The molecule has 0 aliphatic rings. The predicted molar refractivity (Wildman–Crippen MR) is 122 cm³/mol. The van der Waals surface area contributed by atoms with E-state index in [1.165, 1.54) is 128 Å². The van der Waals surface area contributed by atoms with Crippen LogP contribution in [-0.4, -0.2) is 36.3 Å². The first kappa shape index (κ1) is 28.9. The Balaban J connectivity index is -0.000000960. The van der Waals surface area contributed by atoms with Crippen molar-refractivity contribution in [2.75, 3.05) is 13.2 Å². The Labute approximate surface area is 185 Å². The summed E-state index contributed by atoms with van der Waals surface area (Å²) in [6, 6.07) is 0. The molecule has 0 amide bonds. The third-order valence-electron chi connectivity index (χ3n) is 5.28. The summed E-state index contributed by atoms with van der Waals surface area (Å²) in [5, 5.41) is 0. The van der Waals surface area contributed by atoms with E-state index in [4.69, 9.17) is 4.74 Å². The van der Waals surface area contributed by atoms with Crippen molar-refractivity contribution in [2.45, 2.75) is 142 Å². The van der Waals surface area contributed by atoms with Gasteiger partial charge in [0.2, 0.25) is 0 Å². The average Bonchev–Trinajstić information content (AvgIpc) is 2.63. The molecule has 0 aliphatic heterocycles. The van der Waals surface area contributed by atoms with Crippen molar-refractivity contribution in [1.29, 1.82) is 0 Å². The third kappa shape index (κ3) is 27.0. The van der Waals surface area contributed by atoms with E-state index in [1.54, 1.807) is 0 Å². The first-order chi connectivity index (χ1) is 12.4. The van der Waals surface area contributed by atoms with Gasteiger partial charge in [0.05, 0.1) is 0 Å². The molecule has 0 fully saturated rings. The second-order valence-corrected chi connectivity index (χ2v) is 7.98. The summed E-state index contributed by atoms with van der Waals surface area (Å²) < 4.78 is 5.78. The van der Waals surface area contributed by atoms with Gasteiger partial charge >= 0.3 is 23.1 Å². The summed E-state index contributed by atoms with van der Waals surface area (Å²) in [6.45, 7) is 6.57. The van der Waals surface area contributed by atoms with Crippen LogP contribution in [0, 0.1) is 0 Å². The maximum absolute atomic E-state index is 5.78. The van der Waals surface area contributed by atoms with E-state index >= 15 is 0 Å². The number of unbranched alkanes of at least 4 members (excludes halogenated alkanes) is 18. The molecule has 1 nitrogen and oxygen atoms in total. The van der Waals surface area contributed by atoms with Crippen molar-refractivity contribution in [1.82, 2.24) is 0 Å². The summed E-state index contributed by atoms with van der Waals surface area (Å²) in [7, 11) is 0. The van der Waals surface area contributed by atoms with Gasteiger partial charge in [-0.25, -0.2) is 0 Å². The van der Waals surface area contributed by atoms with Crippen LogP contribution in [0.15, 0.2) is 0 Å². The molecular formula is C24H52MgO. The van der Waals surface area contributed by atoms with Crippen molar-refractivity contribution >= 4 is 23.1 Å². The van der Waals surface area contributed by atoms with Gasteiger partial charge < -0.3 is 7.59 Å². The van der Waals surface area contributed by atoms with Crippen molar-refractivity contribution in [2.24, 2.45) is 0 Å². The number of hydrogen-bond donors (Lipinski definition) is 0. The van der Waals surface area contributed by atoms with Crippen LogP contribution in [0.25, 0.3) is 0 Å². The zero-order valence-corrected chi connectivity index (χ0v) is 20.1. The van der Waals surface area contributed by atoms with Crippen LogP contribution in [0.2, 0.25) is 0 Å². The number of hydrogen-bond acceptors (Lipinski definition) is 1. The van der Waals surface area contributed by atoms with Crippen LogP contribution in [0.1, 0.15) is 145 Å². The fraction of sp³-hybridized carbons (Fsp3) is 1.00. The van der Waals surface area contributed by atoms with Crippen molar-refractivity contribution < 1.29 is 7.59 Å². The Morgan fingerprint density at radius 1 is 0.385 bits per heavy atom. The smallest absolute Gasteiger partial charge is 1.00 e. The standard InChI is InChI=1S/C24H50O.Mg.2H/c1-3-5-7-9-11-13-15-17-19-21-23-25-24-22-20-18-16-14-12-10-8-6-4-2;;;/h3-24H2,1-2H3;;;/q;+2;2*-1. The summed E-state index contributed by atoms with van der Waals surface area (Å²) in [5.41, 5.74) is 0. The first-order valence-corrected chi connectivity index (χ1v) is 12.0. The zero-order valence-electron chi connectivity index (χ0n) is 20.7. The molecule has 26 heavy (non-hydrogen) atoms. The molecule has 0 spiro atoms. The molecule has 156 valence electrons. The minimum absolute atomic E-state index is 0. The second kappa shape index (κ2) is 27.9. The minimum Gasteiger partial charge on any atom is -1.00 e. The van der Waals surface area contributed by atoms with Gasteiger partial charge in [-0.3, -0.25) is 0 Å². The predicted octanol–water partition coefficient (Wildman–Crippen LogP) is 8.69. The molecule has 0 atom stereocenters. The normalized spacial score (nSPS) is 10.8. The molecule has 0 unspecified atom stereocenters. The van der Waals surface area contributed by atoms with Gasteiger partial charge in [0.25, 0.3) is 0 Å². The fourth-order valence-corrected chi connectivity index (χ4v) is 3.49. The summed E-state index contributed by atoms with van der Waals surface area (Å²) in [6.07, 6.45) is 28.2. The average molecular weight is 381 g/mol. The van der Waals surface area contributed by atoms with E-state index in [0.717, 1.165) is 13.2 Å². The van der Waals surface area contributed by atoms with Gasteiger partial charge in [-0.1, -0.05) is 129 Å². The largest absolute Gasteiger partial charge is 2.00 e. The maximum Gasteiger partial charge on any atom is 2.00 e. The van der Waals surface area contributed by atoms with Crippen LogP contribution in [0.4, 0.5) is 0 Å². The summed E-state index contributed by atoms with van der Waals surface area (Å²) in [5.74, 6) is 0. The van der Waals surface area contributed by atoms with Crippen LogP contribution >= 0.6 is 0 Å². The number of ether oxygens (including phenoxy) is 1. The maximum atomic E-state index is 5.78. The Morgan fingerprint density at radius 2 is 0.615 bits per heavy atom. The Kier molecular flexibility index (Phi) is 31.1. The fourth-order valence-electron chi connectivity index (χ4n) is 3.49. The molecule has 0 heterocycles. The Morgan fingerprint density at radius 3 is 0.885 bits per heavy atom. The van der Waals surface area contributed by atoms with Crippen molar-refractivity contribution in [3.05, 3.63) is 0 Å². The van der Waals surface area contributed by atoms with E-state index in [2.05, 4.69) is 13.8 Å². The van der Waals surface area contributed by atoms with Crippen LogP contribution in [0.5, 0.6) is 0 Å². The van der Waals surface area contributed by atoms with Crippen molar-refractivity contribution in [3.8, 4) is 0 Å². The van der Waals surface area contributed by atoms with E-state index in [1.807, 2.05) is 0 Å². The zero-order chi connectivity index (χ0) is 18.3.